The van der Waals surface area contributed by atoms with E-state index >= 15 is 0 Å². The molecule has 8 nitrogen and oxygen atoms in total. The zero-order valence-corrected chi connectivity index (χ0v) is 17.8. The van der Waals surface area contributed by atoms with Gasteiger partial charge in [-0.2, -0.15) is 9.36 Å². The lowest BCUT2D eigenvalue weighted by Crippen LogP contribution is -2.33. The van der Waals surface area contributed by atoms with Crippen LogP contribution in [0, 0.1) is 27.7 Å². The quantitative estimate of drug-likeness (QED) is 0.459. The van der Waals surface area contributed by atoms with Gasteiger partial charge in [0.05, 0.1) is 0 Å². The molecule has 0 fully saturated rings. The SMILES string of the molecule is Cc1cccc(-c2nnnn2C(Cl)(Cl)n2nnnc2-c2cccc(C)c2C)c1C. The lowest BCUT2D eigenvalue weighted by atomic mass is 10.0. The van der Waals surface area contributed by atoms with Crippen LogP contribution in [0.5, 0.6) is 0 Å². The molecule has 10 heteroatoms. The lowest BCUT2D eigenvalue weighted by Gasteiger charge is -2.22. The molecule has 2 aromatic heterocycles. The highest BCUT2D eigenvalue weighted by Crippen LogP contribution is 2.36. The van der Waals surface area contributed by atoms with Gasteiger partial charge in [-0.3, -0.25) is 0 Å². The van der Waals surface area contributed by atoms with Gasteiger partial charge in [0, 0.05) is 11.1 Å². The zero-order valence-electron chi connectivity index (χ0n) is 16.3. The molecule has 0 spiro atoms. The van der Waals surface area contributed by atoms with Gasteiger partial charge < -0.3 is 0 Å². The molecule has 0 unspecified atom stereocenters. The Morgan fingerprint density at radius 2 is 1.10 bits per heavy atom. The fourth-order valence-corrected chi connectivity index (χ4v) is 3.60. The summed E-state index contributed by atoms with van der Waals surface area (Å²) in [5.74, 6) is 0.831. The molecule has 0 aliphatic rings. The first-order valence-corrected chi connectivity index (χ1v) is 9.66. The van der Waals surface area contributed by atoms with Crippen LogP contribution < -0.4 is 0 Å². The van der Waals surface area contributed by atoms with Gasteiger partial charge >= 0.3 is 4.58 Å². The zero-order chi connectivity index (χ0) is 20.8. The van der Waals surface area contributed by atoms with Crippen molar-refractivity contribution in [2.45, 2.75) is 32.3 Å². The van der Waals surface area contributed by atoms with Gasteiger partial charge in [0.25, 0.3) is 0 Å². The minimum absolute atomic E-state index is 0.415. The van der Waals surface area contributed by atoms with E-state index in [1.54, 1.807) is 0 Å². The van der Waals surface area contributed by atoms with Crippen molar-refractivity contribution >= 4 is 23.2 Å². The van der Waals surface area contributed by atoms with E-state index in [-0.39, 0.29) is 0 Å². The number of hydrogen-bond donors (Lipinski definition) is 0. The summed E-state index contributed by atoms with van der Waals surface area (Å²) in [6, 6.07) is 11.7. The summed E-state index contributed by atoms with van der Waals surface area (Å²) in [5, 5.41) is 24.0. The Balaban J connectivity index is 1.88. The highest BCUT2D eigenvalue weighted by molar-refractivity contribution is 6.45. The van der Waals surface area contributed by atoms with Crippen molar-refractivity contribution in [2.75, 3.05) is 0 Å². The van der Waals surface area contributed by atoms with Crippen molar-refractivity contribution in [3.05, 3.63) is 58.7 Å². The number of alkyl halides is 2. The Labute approximate surface area is 177 Å². The highest BCUT2D eigenvalue weighted by atomic mass is 35.5. The van der Waals surface area contributed by atoms with Gasteiger partial charge in [-0.1, -0.05) is 36.4 Å². The molecule has 29 heavy (non-hydrogen) atoms. The third-order valence-corrected chi connectivity index (χ3v) is 5.78. The molecule has 0 N–H and O–H groups in total. The first-order chi connectivity index (χ1) is 13.8. The molecule has 0 aliphatic heterocycles. The van der Waals surface area contributed by atoms with Crippen molar-refractivity contribution in [3.8, 4) is 22.8 Å². The summed E-state index contributed by atoms with van der Waals surface area (Å²) in [7, 11) is 0. The molecule has 148 valence electrons. The van der Waals surface area contributed by atoms with Crippen LogP contribution in [-0.4, -0.2) is 40.4 Å². The smallest absolute Gasteiger partial charge is 0.169 e. The maximum Gasteiger partial charge on any atom is 0.315 e. The van der Waals surface area contributed by atoms with Crippen LogP contribution in [0.15, 0.2) is 36.4 Å². The Bertz CT molecular complexity index is 1100. The van der Waals surface area contributed by atoms with E-state index < -0.39 is 4.58 Å². The summed E-state index contributed by atoms with van der Waals surface area (Å²) in [6.45, 7) is 8.02. The van der Waals surface area contributed by atoms with Crippen LogP contribution in [0.2, 0.25) is 0 Å². The van der Waals surface area contributed by atoms with Crippen molar-refractivity contribution in [1.29, 1.82) is 0 Å². The number of aryl methyl sites for hydroxylation is 2. The minimum Gasteiger partial charge on any atom is -0.169 e. The van der Waals surface area contributed by atoms with Crippen molar-refractivity contribution in [2.24, 2.45) is 0 Å². The van der Waals surface area contributed by atoms with Crippen molar-refractivity contribution in [3.63, 3.8) is 0 Å². The van der Waals surface area contributed by atoms with Crippen LogP contribution in [0.3, 0.4) is 0 Å². The lowest BCUT2D eigenvalue weighted by molar-refractivity contribution is 0.411. The summed E-state index contributed by atoms with van der Waals surface area (Å²) in [4.78, 5) is 0. The highest BCUT2D eigenvalue weighted by Gasteiger charge is 2.38. The summed E-state index contributed by atoms with van der Waals surface area (Å²) < 4.78 is 0.829. The summed E-state index contributed by atoms with van der Waals surface area (Å²) in [5.41, 5.74) is 5.90. The molecule has 4 aromatic rings. The topological polar surface area (TPSA) is 87.2 Å². The number of hydrogen-bond acceptors (Lipinski definition) is 6. The van der Waals surface area contributed by atoms with Crippen LogP contribution in [0.1, 0.15) is 22.3 Å². The molecule has 2 heterocycles. The monoisotopic (exact) mass is 428 g/mol. The van der Waals surface area contributed by atoms with E-state index in [0.717, 1.165) is 33.4 Å². The number of benzene rings is 2. The van der Waals surface area contributed by atoms with Gasteiger partial charge in [0.15, 0.2) is 11.6 Å². The molecule has 0 aliphatic carbocycles. The number of nitrogens with zero attached hydrogens (tertiary/aromatic N) is 8. The van der Waals surface area contributed by atoms with E-state index in [4.69, 9.17) is 23.2 Å². The van der Waals surface area contributed by atoms with Gasteiger partial charge in [-0.25, -0.2) is 0 Å². The number of halogens is 2. The maximum absolute atomic E-state index is 6.77. The molecule has 0 radical (unpaired) electrons. The number of aromatic nitrogens is 8. The van der Waals surface area contributed by atoms with E-state index in [2.05, 4.69) is 31.1 Å². The number of tetrazole rings is 2. The Kier molecular flexibility index (Phi) is 4.84. The van der Waals surface area contributed by atoms with Gasteiger partial charge in [-0.15, -0.1) is 10.2 Å². The first kappa shape index (κ1) is 19.5. The van der Waals surface area contributed by atoms with Crippen molar-refractivity contribution in [1.82, 2.24) is 40.4 Å². The van der Waals surface area contributed by atoms with Crippen LogP contribution in [0.4, 0.5) is 0 Å². The average molecular weight is 429 g/mol. The molecular formula is C19H18Cl2N8. The normalized spacial score (nSPS) is 11.8. The predicted octanol–water partition coefficient (Wildman–Crippen LogP) is 3.82. The second kappa shape index (κ2) is 7.20. The fraction of sp³-hybridized carbons (Fsp3) is 0.263. The third-order valence-electron chi connectivity index (χ3n) is 5.14. The number of rotatable bonds is 4. The Morgan fingerprint density at radius 1 is 0.690 bits per heavy atom. The molecule has 2 aromatic carbocycles. The van der Waals surface area contributed by atoms with Crippen LogP contribution in [0.25, 0.3) is 22.8 Å². The molecule has 0 saturated carbocycles. The average Bonchev–Trinajstić information content (AvgIpc) is 3.36. The molecular weight excluding hydrogens is 411 g/mol. The second-order valence-corrected chi connectivity index (χ2v) is 8.08. The largest absolute Gasteiger partial charge is 0.315 e. The second-order valence-electron chi connectivity index (χ2n) is 6.83. The molecule has 0 atom stereocenters. The maximum atomic E-state index is 6.77. The van der Waals surface area contributed by atoms with Gasteiger partial charge in [0.2, 0.25) is 0 Å². The first-order valence-electron chi connectivity index (χ1n) is 8.91. The van der Waals surface area contributed by atoms with Crippen LogP contribution in [-0.2, 0) is 4.58 Å². The Morgan fingerprint density at radius 3 is 1.52 bits per heavy atom. The summed E-state index contributed by atoms with van der Waals surface area (Å²) in [6.07, 6.45) is 0. The van der Waals surface area contributed by atoms with Gasteiger partial charge in [0.1, 0.15) is 0 Å². The minimum atomic E-state index is -1.79. The van der Waals surface area contributed by atoms with E-state index in [1.165, 1.54) is 9.36 Å². The van der Waals surface area contributed by atoms with E-state index in [9.17, 15) is 0 Å². The van der Waals surface area contributed by atoms with Crippen molar-refractivity contribution < 1.29 is 0 Å². The molecule has 0 amide bonds. The predicted molar refractivity (Wildman–Crippen MR) is 111 cm³/mol. The van der Waals surface area contributed by atoms with Gasteiger partial charge in [-0.05, 0) is 94.0 Å². The Hall–Kier alpha value is -2.84. The molecule has 0 bridgehead atoms. The third kappa shape index (κ3) is 3.18. The van der Waals surface area contributed by atoms with E-state index in [0.29, 0.717) is 11.6 Å². The van der Waals surface area contributed by atoms with E-state index in [1.807, 2.05) is 64.1 Å². The molecule has 4 rings (SSSR count). The standard InChI is InChI=1S/C19H18Cl2N8/c1-11-7-5-9-15(13(11)3)17-22-24-26-28(17)19(20,21)29-18(23-25-27-29)16-10-6-8-12(2)14(16)4/h5-10H,1-4H3. The molecule has 0 saturated heterocycles. The fourth-order valence-electron chi connectivity index (χ4n) is 3.15. The summed E-state index contributed by atoms with van der Waals surface area (Å²) >= 11 is 13.5. The van der Waals surface area contributed by atoms with Crippen LogP contribution >= 0.6 is 23.2 Å².